The lowest BCUT2D eigenvalue weighted by molar-refractivity contribution is -0.131. The molecule has 2 aliphatic rings. The maximum absolute atomic E-state index is 13.3. The monoisotopic (exact) mass is 383 g/mol. The lowest BCUT2D eigenvalue weighted by Crippen LogP contribution is -2.52. The molecular formula is C22H26FN3O2. The van der Waals surface area contributed by atoms with Gasteiger partial charge in [0.2, 0.25) is 5.91 Å². The highest BCUT2D eigenvalue weighted by molar-refractivity contribution is 5.80. The SMILES string of the molecule is C#CC1CC[C@@H](C#N)N1C(=O)CNC1(C)CCC(Oc2cccc(F)c2)CC1. The molecule has 148 valence electrons. The first-order valence-corrected chi connectivity index (χ1v) is 9.78. The van der Waals surface area contributed by atoms with Gasteiger partial charge >= 0.3 is 0 Å². The van der Waals surface area contributed by atoms with Crippen LogP contribution in [0.15, 0.2) is 24.3 Å². The fourth-order valence-electron chi connectivity index (χ4n) is 4.09. The van der Waals surface area contributed by atoms with Gasteiger partial charge in [0.25, 0.3) is 0 Å². The van der Waals surface area contributed by atoms with Crippen molar-refractivity contribution in [3.05, 3.63) is 30.1 Å². The molecule has 0 radical (unpaired) electrons. The molecule has 2 atom stereocenters. The van der Waals surface area contributed by atoms with Crippen molar-refractivity contribution in [1.29, 1.82) is 5.26 Å². The van der Waals surface area contributed by atoms with Crippen LogP contribution < -0.4 is 10.1 Å². The number of amides is 1. The highest BCUT2D eigenvalue weighted by Crippen LogP contribution is 2.31. The maximum atomic E-state index is 13.3. The standard InChI is InChI=1S/C22H26FN3O2/c1-3-17-7-8-18(14-24)26(17)21(27)15-25-22(2)11-9-19(10-12-22)28-20-6-4-5-16(23)13-20/h1,4-6,13,17-19,25H,7-12,15H2,2H3/t17?,18-,19?,22?/m0/s1. The maximum Gasteiger partial charge on any atom is 0.238 e. The Morgan fingerprint density at radius 3 is 2.71 bits per heavy atom. The molecule has 1 aromatic carbocycles. The van der Waals surface area contributed by atoms with Crippen molar-refractivity contribution in [3.8, 4) is 24.2 Å². The van der Waals surface area contributed by atoms with Crippen LogP contribution in [0.2, 0.25) is 0 Å². The number of hydrogen-bond acceptors (Lipinski definition) is 4. The number of carbonyl (C=O) groups is 1. The molecule has 1 N–H and O–H groups in total. The number of terminal acetylenes is 1. The van der Waals surface area contributed by atoms with E-state index in [2.05, 4.69) is 24.2 Å². The van der Waals surface area contributed by atoms with Crippen LogP contribution in [-0.4, -0.2) is 41.1 Å². The zero-order valence-corrected chi connectivity index (χ0v) is 16.2. The zero-order valence-electron chi connectivity index (χ0n) is 16.2. The van der Waals surface area contributed by atoms with E-state index in [-0.39, 0.29) is 36.0 Å². The lowest BCUT2D eigenvalue weighted by atomic mass is 9.82. The Bertz CT molecular complexity index is 768. The number of ether oxygens (including phenoxy) is 1. The van der Waals surface area contributed by atoms with Gasteiger partial charge in [0.05, 0.1) is 24.8 Å². The van der Waals surface area contributed by atoms with Gasteiger partial charge in [-0.15, -0.1) is 6.42 Å². The van der Waals surface area contributed by atoms with Crippen molar-refractivity contribution in [3.63, 3.8) is 0 Å². The van der Waals surface area contributed by atoms with Gasteiger partial charge in [-0.3, -0.25) is 4.79 Å². The summed E-state index contributed by atoms with van der Waals surface area (Å²) in [5, 5.41) is 12.6. The van der Waals surface area contributed by atoms with Gasteiger partial charge in [-0.2, -0.15) is 5.26 Å². The molecule has 6 heteroatoms. The first kappa shape index (κ1) is 20.2. The molecule has 0 bridgehead atoms. The summed E-state index contributed by atoms with van der Waals surface area (Å²) in [6.07, 6.45) is 10.2. The molecule has 0 spiro atoms. The van der Waals surface area contributed by atoms with Crippen LogP contribution in [0.3, 0.4) is 0 Å². The molecule has 1 heterocycles. The molecule has 28 heavy (non-hydrogen) atoms. The van der Waals surface area contributed by atoms with Crippen LogP contribution in [0.5, 0.6) is 5.75 Å². The van der Waals surface area contributed by atoms with Gasteiger partial charge in [-0.1, -0.05) is 12.0 Å². The van der Waals surface area contributed by atoms with Crippen LogP contribution in [0, 0.1) is 29.5 Å². The Hall–Kier alpha value is -2.57. The van der Waals surface area contributed by atoms with E-state index in [1.165, 1.54) is 12.1 Å². The normalized spacial score (nSPS) is 29.7. The van der Waals surface area contributed by atoms with E-state index in [9.17, 15) is 14.4 Å². The second kappa shape index (κ2) is 8.63. The minimum atomic E-state index is -0.432. The van der Waals surface area contributed by atoms with Crippen molar-refractivity contribution in [2.45, 2.75) is 69.2 Å². The van der Waals surface area contributed by atoms with Crippen LogP contribution in [-0.2, 0) is 4.79 Å². The second-order valence-electron chi connectivity index (χ2n) is 7.89. The predicted molar refractivity (Wildman–Crippen MR) is 104 cm³/mol. The van der Waals surface area contributed by atoms with E-state index in [4.69, 9.17) is 11.2 Å². The summed E-state index contributed by atoms with van der Waals surface area (Å²) in [6, 6.07) is 7.65. The quantitative estimate of drug-likeness (QED) is 0.794. The molecule has 1 saturated heterocycles. The molecule has 3 rings (SSSR count). The third-order valence-corrected chi connectivity index (χ3v) is 5.82. The summed E-state index contributed by atoms with van der Waals surface area (Å²) in [7, 11) is 0. The number of hydrogen-bond donors (Lipinski definition) is 1. The van der Waals surface area contributed by atoms with E-state index < -0.39 is 6.04 Å². The summed E-state index contributed by atoms with van der Waals surface area (Å²) in [6.45, 7) is 2.27. The predicted octanol–water partition coefficient (Wildman–Crippen LogP) is 3.01. The molecule has 1 aliphatic heterocycles. The molecular weight excluding hydrogens is 357 g/mol. The summed E-state index contributed by atoms with van der Waals surface area (Å²) < 4.78 is 19.2. The summed E-state index contributed by atoms with van der Waals surface area (Å²) in [4.78, 5) is 14.2. The van der Waals surface area contributed by atoms with Crippen molar-refractivity contribution < 1.29 is 13.9 Å². The Morgan fingerprint density at radius 2 is 2.07 bits per heavy atom. The number of likely N-dealkylation sites (tertiary alicyclic amines) is 1. The number of carbonyl (C=O) groups excluding carboxylic acids is 1. The Morgan fingerprint density at radius 1 is 1.36 bits per heavy atom. The van der Waals surface area contributed by atoms with Gasteiger partial charge in [0, 0.05) is 11.6 Å². The zero-order chi connectivity index (χ0) is 20.1. The van der Waals surface area contributed by atoms with E-state index in [1.54, 1.807) is 17.0 Å². The van der Waals surface area contributed by atoms with Crippen molar-refractivity contribution in [2.24, 2.45) is 0 Å². The highest BCUT2D eigenvalue weighted by atomic mass is 19.1. The van der Waals surface area contributed by atoms with Gasteiger partial charge in [-0.05, 0) is 57.6 Å². The smallest absolute Gasteiger partial charge is 0.238 e. The number of halogens is 1. The second-order valence-corrected chi connectivity index (χ2v) is 7.89. The van der Waals surface area contributed by atoms with Crippen LogP contribution in [0.25, 0.3) is 0 Å². The molecule has 1 unspecified atom stereocenters. The van der Waals surface area contributed by atoms with Crippen molar-refractivity contribution in [2.75, 3.05) is 6.54 Å². The Kier molecular flexibility index (Phi) is 6.21. The molecule has 0 aromatic heterocycles. The average Bonchev–Trinajstić information content (AvgIpc) is 3.11. The number of nitriles is 1. The van der Waals surface area contributed by atoms with Crippen molar-refractivity contribution >= 4 is 5.91 Å². The Balaban J connectivity index is 1.50. The molecule has 5 nitrogen and oxygen atoms in total. The van der Waals surface area contributed by atoms with E-state index in [0.717, 1.165) is 25.7 Å². The number of nitrogens with one attached hydrogen (secondary N) is 1. The van der Waals surface area contributed by atoms with Gasteiger partial charge in [0.15, 0.2) is 0 Å². The van der Waals surface area contributed by atoms with Crippen LogP contribution in [0.4, 0.5) is 4.39 Å². The third-order valence-electron chi connectivity index (χ3n) is 5.82. The van der Waals surface area contributed by atoms with Gasteiger partial charge < -0.3 is 15.0 Å². The van der Waals surface area contributed by atoms with Crippen LogP contribution in [0.1, 0.15) is 45.4 Å². The topological polar surface area (TPSA) is 65.4 Å². The first-order valence-electron chi connectivity index (χ1n) is 9.78. The Labute approximate surface area is 165 Å². The molecule has 1 amide bonds. The fraction of sp³-hybridized carbons (Fsp3) is 0.545. The molecule has 1 aliphatic carbocycles. The minimum Gasteiger partial charge on any atom is -0.490 e. The lowest BCUT2D eigenvalue weighted by Gasteiger charge is -2.38. The number of nitrogens with zero attached hydrogens (tertiary/aromatic N) is 2. The number of rotatable bonds is 5. The molecule has 1 saturated carbocycles. The third kappa shape index (κ3) is 4.64. The highest BCUT2D eigenvalue weighted by Gasteiger charge is 2.37. The fourth-order valence-corrected chi connectivity index (χ4v) is 4.09. The van der Waals surface area contributed by atoms with Crippen molar-refractivity contribution in [1.82, 2.24) is 10.2 Å². The summed E-state index contributed by atoms with van der Waals surface area (Å²) in [5.74, 6) is 2.75. The summed E-state index contributed by atoms with van der Waals surface area (Å²) >= 11 is 0. The summed E-state index contributed by atoms with van der Waals surface area (Å²) in [5.41, 5.74) is -0.176. The van der Waals surface area contributed by atoms with Gasteiger partial charge in [-0.25, -0.2) is 4.39 Å². The molecule has 1 aromatic rings. The average molecular weight is 383 g/mol. The first-order chi connectivity index (χ1) is 13.4. The molecule has 2 fully saturated rings. The van der Waals surface area contributed by atoms with E-state index in [1.807, 2.05) is 0 Å². The van der Waals surface area contributed by atoms with Crippen LogP contribution >= 0.6 is 0 Å². The van der Waals surface area contributed by atoms with Gasteiger partial charge in [0.1, 0.15) is 17.6 Å². The van der Waals surface area contributed by atoms with E-state index >= 15 is 0 Å². The minimum absolute atomic E-state index is 0.0414. The number of benzene rings is 1. The van der Waals surface area contributed by atoms with E-state index in [0.29, 0.717) is 18.6 Å². The largest absolute Gasteiger partial charge is 0.490 e.